The number of halogens is 2. The van der Waals surface area contributed by atoms with Crippen molar-refractivity contribution < 1.29 is 9.47 Å². The van der Waals surface area contributed by atoms with Gasteiger partial charge in [0.1, 0.15) is 5.75 Å². The molecular weight excluding hydrogens is 562 g/mol. The van der Waals surface area contributed by atoms with Gasteiger partial charge < -0.3 is 9.47 Å². The Morgan fingerprint density at radius 3 is 2.15 bits per heavy atom. The van der Waals surface area contributed by atoms with Crippen LogP contribution in [0.15, 0.2) is 24.3 Å². The molecule has 4 aliphatic carbocycles. The molecule has 0 saturated heterocycles. The predicted molar refractivity (Wildman–Crippen MR) is 128 cm³/mol. The molecule has 1 aromatic rings. The molecule has 5 rings (SSSR count). The zero-order valence-electron chi connectivity index (χ0n) is 16.3. The lowest BCUT2D eigenvalue weighted by Gasteiger charge is -2.57. The molecule has 0 amide bonds. The molecule has 4 fully saturated rings. The van der Waals surface area contributed by atoms with Crippen LogP contribution in [0.2, 0.25) is 0 Å². The van der Waals surface area contributed by atoms with Gasteiger partial charge in [-0.15, -0.1) is 0 Å². The highest BCUT2D eigenvalue weighted by Crippen LogP contribution is 2.61. The molecule has 2 nitrogen and oxygen atoms in total. The van der Waals surface area contributed by atoms with Crippen molar-refractivity contribution in [3.05, 3.63) is 29.8 Å². The summed E-state index contributed by atoms with van der Waals surface area (Å²) in [5, 5.41) is 0. The lowest BCUT2D eigenvalue weighted by Crippen LogP contribution is -2.48. The summed E-state index contributed by atoms with van der Waals surface area (Å²) in [5.74, 6) is 3.91. The first kappa shape index (κ1) is 20.7. The number of hydrogen-bond donors (Lipinski definition) is 0. The van der Waals surface area contributed by atoms with Gasteiger partial charge in [0.2, 0.25) is 0 Å². The van der Waals surface area contributed by atoms with Crippen molar-refractivity contribution in [1.82, 2.24) is 0 Å². The second-order valence-corrected chi connectivity index (χ2v) is 11.6. The minimum atomic E-state index is -0.0907. The topological polar surface area (TPSA) is 18.5 Å². The number of alkyl halides is 2. The molecule has 4 heteroatoms. The Balaban J connectivity index is 1.43. The van der Waals surface area contributed by atoms with E-state index in [0.717, 1.165) is 47.4 Å². The summed E-state index contributed by atoms with van der Waals surface area (Å²) in [5.41, 5.74) is 1.87. The van der Waals surface area contributed by atoms with Gasteiger partial charge in [0.25, 0.3) is 0 Å². The summed E-state index contributed by atoms with van der Waals surface area (Å²) >= 11 is 4.96. The Kier molecular flexibility index (Phi) is 6.95. The quantitative estimate of drug-likeness (QED) is 0.169. The van der Waals surface area contributed by atoms with Gasteiger partial charge in [-0.3, -0.25) is 0 Å². The van der Waals surface area contributed by atoms with E-state index in [2.05, 4.69) is 76.4 Å². The first-order chi connectivity index (χ1) is 13.1. The summed E-state index contributed by atoms with van der Waals surface area (Å²) in [7, 11) is 0. The smallest absolute Gasteiger partial charge is 0.200 e. The first-order valence-corrected chi connectivity index (χ1v) is 13.4. The maximum absolute atomic E-state index is 6.40. The Bertz CT molecular complexity index is 580. The Labute approximate surface area is 191 Å². The average molecular weight is 594 g/mol. The largest absolute Gasteiger partial charge is 0.465 e. The van der Waals surface area contributed by atoms with E-state index in [0.29, 0.717) is 9.34 Å². The zero-order valence-corrected chi connectivity index (χ0v) is 20.7. The summed E-state index contributed by atoms with van der Waals surface area (Å²) in [6.45, 7) is 2.97. The van der Waals surface area contributed by atoms with E-state index in [1.165, 1.54) is 44.1 Å². The number of rotatable bonds is 9. The van der Waals surface area contributed by atoms with Crippen molar-refractivity contribution in [1.29, 1.82) is 0 Å². The minimum Gasteiger partial charge on any atom is -0.465 e. The third-order valence-corrected chi connectivity index (χ3v) is 10.6. The summed E-state index contributed by atoms with van der Waals surface area (Å²) < 4.78 is 14.3. The van der Waals surface area contributed by atoms with E-state index in [1.54, 1.807) is 0 Å². The second kappa shape index (κ2) is 9.07. The van der Waals surface area contributed by atoms with Gasteiger partial charge in [-0.25, -0.2) is 0 Å². The van der Waals surface area contributed by atoms with Crippen LogP contribution in [-0.2, 0) is 4.74 Å². The van der Waals surface area contributed by atoms with Gasteiger partial charge in [0.15, 0.2) is 6.29 Å². The normalized spacial score (nSPS) is 33.8. The standard InChI is InChI=1S/C23H32I2O2/c1-2-7-26-22(27-20-5-3-19(4-6-20)21(25)15-24)14-23-11-16-8-17(12-23)10-18(9-16)13-23/h3-6,16-18,21-22H,2,7-15H2,1H3. The summed E-state index contributed by atoms with van der Waals surface area (Å²) in [6, 6.07) is 8.70. The van der Waals surface area contributed by atoms with E-state index in [4.69, 9.17) is 9.47 Å². The van der Waals surface area contributed by atoms with E-state index in [-0.39, 0.29) is 6.29 Å². The molecule has 0 N–H and O–H groups in total. The molecule has 4 aliphatic rings. The molecule has 150 valence electrons. The first-order valence-electron chi connectivity index (χ1n) is 10.7. The number of ether oxygens (including phenoxy) is 2. The monoisotopic (exact) mass is 594 g/mol. The van der Waals surface area contributed by atoms with Crippen LogP contribution < -0.4 is 4.74 Å². The van der Waals surface area contributed by atoms with Gasteiger partial charge in [-0.2, -0.15) is 0 Å². The number of hydrogen-bond acceptors (Lipinski definition) is 2. The van der Waals surface area contributed by atoms with Crippen LogP contribution >= 0.6 is 45.2 Å². The lowest BCUT2D eigenvalue weighted by molar-refractivity contribution is -0.142. The molecule has 0 heterocycles. The van der Waals surface area contributed by atoms with Crippen LogP contribution in [0.3, 0.4) is 0 Å². The zero-order chi connectivity index (χ0) is 18.9. The fraction of sp³-hybridized carbons (Fsp3) is 0.739. The van der Waals surface area contributed by atoms with Crippen LogP contribution in [-0.4, -0.2) is 17.3 Å². The van der Waals surface area contributed by atoms with Gasteiger partial charge >= 0.3 is 0 Å². The van der Waals surface area contributed by atoms with Crippen molar-refractivity contribution in [3.8, 4) is 5.75 Å². The van der Waals surface area contributed by atoms with Crippen molar-refractivity contribution in [3.63, 3.8) is 0 Å². The maximum Gasteiger partial charge on any atom is 0.200 e. The molecule has 0 spiro atoms. The summed E-state index contributed by atoms with van der Waals surface area (Å²) in [6.07, 6.45) is 10.8. The van der Waals surface area contributed by atoms with E-state index >= 15 is 0 Å². The predicted octanol–water partition coefficient (Wildman–Crippen LogP) is 7.34. The van der Waals surface area contributed by atoms with Crippen LogP contribution in [0.1, 0.15) is 67.8 Å². The van der Waals surface area contributed by atoms with E-state index in [1.807, 2.05) is 0 Å². The van der Waals surface area contributed by atoms with Gasteiger partial charge in [-0.05, 0) is 85.8 Å². The molecule has 2 atom stereocenters. The van der Waals surface area contributed by atoms with Crippen molar-refractivity contribution >= 4 is 45.2 Å². The highest BCUT2D eigenvalue weighted by molar-refractivity contribution is 14.1. The van der Waals surface area contributed by atoms with Crippen molar-refractivity contribution in [2.45, 2.75) is 68.5 Å². The Morgan fingerprint density at radius 1 is 1.04 bits per heavy atom. The van der Waals surface area contributed by atoms with Gasteiger partial charge in [0.05, 0.1) is 6.61 Å². The maximum atomic E-state index is 6.40. The lowest BCUT2D eigenvalue weighted by atomic mass is 9.49. The molecule has 2 unspecified atom stereocenters. The minimum absolute atomic E-state index is 0.0907. The second-order valence-electron chi connectivity index (χ2n) is 9.23. The molecule has 4 saturated carbocycles. The fourth-order valence-corrected chi connectivity index (χ4v) is 7.20. The Hall–Kier alpha value is 0.440. The molecule has 4 bridgehead atoms. The third kappa shape index (κ3) is 4.96. The summed E-state index contributed by atoms with van der Waals surface area (Å²) in [4.78, 5) is 0. The van der Waals surface area contributed by atoms with Crippen LogP contribution in [0.25, 0.3) is 0 Å². The Morgan fingerprint density at radius 2 is 1.63 bits per heavy atom. The van der Waals surface area contributed by atoms with Crippen LogP contribution in [0.5, 0.6) is 5.75 Å². The third-order valence-electron chi connectivity index (χ3n) is 6.92. The highest BCUT2D eigenvalue weighted by Gasteiger charge is 2.51. The molecule has 27 heavy (non-hydrogen) atoms. The highest BCUT2D eigenvalue weighted by atomic mass is 127. The van der Waals surface area contributed by atoms with Crippen molar-refractivity contribution in [2.75, 3.05) is 11.0 Å². The van der Waals surface area contributed by atoms with Gasteiger partial charge in [0, 0.05) is 14.8 Å². The number of benzene rings is 1. The SMILES string of the molecule is CCCOC(CC12CC3CC(CC(C3)C1)C2)Oc1ccc(C(I)CI)cc1. The molecule has 0 aromatic heterocycles. The van der Waals surface area contributed by atoms with Crippen molar-refractivity contribution in [2.24, 2.45) is 23.2 Å². The fourth-order valence-electron chi connectivity index (χ4n) is 6.27. The average Bonchev–Trinajstić information content (AvgIpc) is 2.64. The molecular formula is C23H32I2O2. The van der Waals surface area contributed by atoms with Gasteiger partial charge in [-0.1, -0.05) is 64.2 Å². The molecule has 1 aromatic carbocycles. The van der Waals surface area contributed by atoms with E-state index in [9.17, 15) is 0 Å². The molecule has 0 radical (unpaired) electrons. The van der Waals surface area contributed by atoms with Crippen LogP contribution in [0, 0.1) is 23.2 Å². The molecule has 0 aliphatic heterocycles. The van der Waals surface area contributed by atoms with Crippen LogP contribution in [0.4, 0.5) is 0 Å². The van der Waals surface area contributed by atoms with E-state index < -0.39 is 0 Å².